The first-order valence-corrected chi connectivity index (χ1v) is 11.8. The van der Waals surface area contributed by atoms with Crippen LogP contribution >= 0.6 is 0 Å². The SMILES string of the molecule is CCCCCCOCCOCCOC(=O)c1ccc2cc(OCc3ccccc3)ccc2c1. The van der Waals surface area contributed by atoms with Gasteiger partial charge in [0.05, 0.1) is 25.4 Å². The van der Waals surface area contributed by atoms with Crippen molar-refractivity contribution < 1.29 is 23.7 Å². The standard InChI is InChI=1S/C28H34O5/c1-2-3-4-8-15-30-16-17-31-18-19-32-28(29)26-12-11-25-21-27(14-13-24(25)20-26)33-22-23-9-6-5-7-10-23/h5-7,9-14,20-21H,2-4,8,15-19,22H2,1H3. The van der Waals surface area contributed by atoms with Gasteiger partial charge in [-0.1, -0.05) is 68.7 Å². The molecule has 0 N–H and O–H groups in total. The van der Waals surface area contributed by atoms with Gasteiger partial charge in [-0.25, -0.2) is 4.79 Å². The van der Waals surface area contributed by atoms with Crippen molar-refractivity contribution in [2.75, 3.05) is 33.0 Å². The van der Waals surface area contributed by atoms with Crippen molar-refractivity contribution in [3.8, 4) is 5.75 Å². The first kappa shape index (κ1) is 24.7. The first-order valence-electron chi connectivity index (χ1n) is 11.8. The van der Waals surface area contributed by atoms with Gasteiger partial charge in [0.1, 0.15) is 19.0 Å². The summed E-state index contributed by atoms with van der Waals surface area (Å²) in [5.41, 5.74) is 1.64. The largest absolute Gasteiger partial charge is 0.489 e. The number of unbranched alkanes of at least 4 members (excludes halogenated alkanes) is 3. The molecule has 0 unspecified atom stereocenters. The van der Waals surface area contributed by atoms with Crippen molar-refractivity contribution in [1.29, 1.82) is 0 Å². The van der Waals surface area contributed by atoms with E-state index < -0.39 is 0 Å². The molecule has 0 bridgehead atoms. The highest BCUT2D eigenvalue weighted by molar-refractivity contribution is 5.95. The third kappa shape index (κ3) is 8.87. The third-order valence-electron chi connectivity index (χ3n) is 5.27. The molecule has 0 amide bonds. The quantitative estimate of drug-likeness (QED) is 0.204. The minimum absolute atomic E-state index is 0.222. The summed E-state index contributed by atoms with van der Waals surface area (Å²) in [6.45, 7) is 5.16. The van der Waals surface area contributed by atoms with E-state index in [0.29, 0.717) is 32.0 Å². The van der Waals surface area contributed by atoms with E-state index in [1.807, 2.05) is 60.7 Å². The van der Waals surface area contributed by atoms with Gasteiger partial charge in [0, 0.05) is 6.61 Å². The van der Waals surface area contributed by atoms with Crippen molar-refractivity contribution in [3.05, 3.63) is 77.9 Å². The van der Waals surface area contributed by atoms with Crippen molar-refractivity contribution in [2.24, 2.45) is 0 Å². The van der Waals surface area contributed by atoms with Crippen LogP contribution in [0.5, 0.6) is 5.75 Å². The molecule has 0 aliphatic rings. The zero-order chi connectivity index (χ0) is 23.1. The minimum atomic E-state index is -0.350. The Bertz CT molecular complexity index is 970. The van der Waals surface area contributed by atoms with Crippen molar-refractivity contribution >= 4 is 16.7 Å². The second-order valence-electron chi connectivity index (χ2n) is 7.92. The maximum atomic E-state index is 12.3. The molecule has 0 aliphatic heterocycles. The molecule has 33 heavy (non-hydrogen) atoms. The van der Waals surface area contributed by atoms with E-state index in [1.54, 1.807) is 6.07 Å². The lowest BCUT2D eigenvalue weighted by Gasteiger charge is -2.09. The van der Waals surface area contributed by atoms with Crippen LogP contribution in [0.1, 0.15) is 48.5 Å². The number of hydrogen-bond acceptors (Lipinski definition) is 5. The number of hydrogen-bond donors (Lipinski definition) is 0. The van der Waals surface area contributed by atoms with Crippen molar-refractivity contribution in [1.82, 2.24) is 0 Å². The summed E-state index contributed by atoms with van der Waals surface area (Å²) in [6, 6.07) is 21.4. The molecule has 3 rings (SSSR count). The van der Waals surface area contributed by atoms with Crippen LogP contribution in [0.3, 0.4) is 0 Å². The molecule has 0 fully saturated rings. The maximum Gasteiger partial charge on any atom is 0.338 e. The smallest absolute Gasteiger partial charge is 0.338 e. The molecule has 0 heterocycles. The molecule has 0 saturated heterocycles. The highest BCUT2D eigenvalue weighted by atomic mass is 16.6. The molecule has 0 aliphatic carbocycles. The second kappa shape index (κ2) is 14.3. The summed E-state index contributed by atoms with van der Waals surface area (Å²) in [5.74, 6) is 0.445. The molecular weight excluding hydrogens is 416 g/mol. The van der Waals surface area contributed by atoms with Gasteiger partial charge in [0.15, 0.2) is 0 Å². The average Bonchev–Trinajstić information content (AvgIpc) is 2.86. The van der Waals surface area contributed by atoms with Crippen molar-refractivity contribution in [2.45, 2.75) is 39.2 Å². The summed E-state index contributed by atoms with van der Waals surface area (Å²) in [5, 5.41) is 1.97. The first-order chi connectivity index (χ1) is 16.3. The highest BCUT2D eigenvalue weighted by Gasteiger charge is 2.08. The maximum absolute atomic E-state index is 12.3. The number of ether oxygens (including phenoxy) is 4. The van der Waals surface area contributed by atoms with Gasteiger partial charge in [-0.15, -0.1) is 0 Å². The van der Waals surface area contributed by atoms with E-state index in [0.717, 1.165) is 35.1 Å². The van der Waals surface area contributed by atoms with Crippen LogP contribution in [0.2, 0.25) is 0 Å². The van der Waals surface area contributed by atoms with Gasteiger partial charge < -0.3 is 18.9 Å². The van der Waals surface area contributed by atoms with E-state index in [4.69, 9.17) is 18.9 Å². The number of fused-ring (bicyclic) bond motifs is 1. The Kier molecular flexibility index (Phi) is 10.7. The molecule has 3 aromatic rings. The van der Waals surface area contributed by atoms with Crippen molar-refractivity contribution in [3.63, 3.8) is 0 Å². The third-order valence-corrected chi connectivity index (χ3v) is 5.27. The highest BCUT2D eigenvalue weighted by Crippen LogP contribution is 2.23. The fraction of sp³-hybridized carbons (Fsp3) is 0.393. The number of esters is 1. The molecule has 5 heteroatoms. The van der Waals surface area contributed by atoms with Gasteiger partial charge in [0.25, 0.3) is 0 Å². The van der Waals surface area contributed by atoms with E-state index in [2.05, 4.69) is 6.92 Å². The number of benzene rings is 3. The zero-order valence-corrected chi connectivity index (χ0v) is 19.5. The molecule has 5 nitrogen and oxygen atoms in total. The Hall–Kier alpha value is -2.89. The van der Waals surface area contributed by atoms with Crippen LogP contribution in [0.4, 0.5) is 0 Å². The van der Waals surface area contributed by atoms with Gasteiger partial charge in [-0.3, -0.25) is 0 Å². The normalized spacial score (nSPS) is 10.9. The molecule has 3 aromatic carbocycles. The molecule has 176 valence electrons. The van der Waals surface area contributed by atoms with Crippen LogP contribution < -0.4 is 4.74 Å². The van der Waals surface area contributed by atoms with Gasteiger partial charge >= 0.3 is 5.97 Å². The Morgan fingerprint density at radius 1 is 0.727 bits per heavy atom. The Balaban J connectivity index is 1.36. The van der Waals surface area contributed by atoms with Crippen LogP contribution in [-0.2, 0) is 20.8 Å². The van der Waals surface area contributed by atoms with E-state index >= 15 is 0 Å². The number of rotatable bonds is 15. The van der Waals surface area contributed by atoms with E-state index in [9.17, 15) is 4.79 Å². The molecule has 0 atom stereocenters. The molecule has 0 spiro atoms. The average molecular weight is 451 g/mol. The Morgan fingerprint density at radius 2 is 1.45 bits per heavy atom. The zero-order valence-electron chi connectivity index (χ0n) is 19.5. The fourth-order valence-corrected chi connectivity index (χ4v) is 3.41. The lowest BCUT2D eigenvalue weighted by Crippen LogP contribution is -2.13. The lowest BCUT2D eigenvalue weighted by molar-refractivity contribution is 0.0142. The predicted octanol–water partition coefficient (Wildman–Crippen LogP) is 6.19. The van der Waals surface area contributed by atoms with Crippen LogP contribution in [-0.4, -0.2) is 39.0 Å². The Labute approximate surface area is 196 Å². The molecule has 0 saturated carbocycles. The molecule has 0 aromatic heterocycles. The van der Waals surface area contributed by atoms with Crippen LogP contribution in [0, 0.1) is 0 Å². The molecular formula is C28H34O5. The summed E-state index contributed by atoms with van der Waals surface area (Å²) in [6.07, 6.45) is 4.79. The lowest BCUT2D eigenvalue weighted by atomic mass is 10.1. The number of carbonyl (C=O) groups is 1. The Morgan fingerprint density at radius 3 is 2.27 bits per heavy atom. The van der Waals surface area contributed by atoms with Gasteiger partial charge in [-0.05, 0) is 47.0 Å². The van der Waals surface area contributed by atoms with E-state index in [-0.39, 0.29) is 12.6 Å². The topological polar surface area (TPSA) is 54.0 Å². The summed E-state index contributed by atoms with van der Waals surface area (Å²) >= 11 is 0. The van der Waals surface area contributed by atoms with E-state index in [1.165, 1.54) is 19.3 Å². The predicted molar refractivity (Wildman–Crippen MR) is 131 cm³/mol. The van der Waals surface area contributed by atoms with Gasteiger partial charge in [0.2, 0.25) is 0 Å². The summed E-state index contributed by atoms with van der Waals surface area (Å²) in [7, 11) is 0. The minimum Gasteiger partial charge on any atom is -0.489 e. The van der Waals surface area contributed by atoms with Crippen LogP contribution in [0.25, 0.3) is 10.8 Å². The monoisotopic (exact) mass is 450 g/mol. The van der Waals surface area contributed by atoms with Gasteiger partial charge in [-0.2, -0.15) is 0 Å². The number of carbonyl (C=O) groups excluding carboxylic acids is 1. The second-order valence-corrected chi connectivity index (χ2v) is 7.92. The van der Waals surface area contributed by atoms with Crippen LogP contribution in [0.15, 0.2) is 66.7 Å². The summed E-state index contributed by atoms with van der Waals surface area (Å²) < 4.78 is 22.2. The molecule has 0 radical (unpaired) electrons. The fourth-order valence-electron chi connectivity index (χ4n) is 3.41. The summed E-state index contributed by atoms with van der Waals surface area (Å²) in [4.78, 5) is 12.3.